The van der Waals surface area contributed by atoms with Crippen molar-refractivity contribution in [3.63, 3.8) is 0 Å². The van der Waals surface area contributed by atoms with Crippen LogP contribution in [-0.4, -0.2) is 33.6 Å². The van der Waals surface area contributed by atoms with Crippen molar-refractivity contribution in [1.29, 1.82) is 0 Å². The van der Waals surface area contributed by atoms with E-state index in [1.807, 2.05) is 36.4 Å². The maximum Gasteiger partial charge on any atom is 0.261 e. The van der Waals surface area contributed by atoms with E-state index in [1.165, 1.54) is 0 Å². The van der Waals surface area contributed by atoms with E-state index < -0.39 is 5.54 Å². The van der Waals surface area contributed by atoms with Crippen molar-refractivity contribution < 1.29 is 9.59 Å². The molecule has 0 saturated heterocycles. The number of allylic oxidation sites excluding steroid dienone is 2. The lowest BCUT2D eigenvalue weighted by Gasteiger charge is -2.37. The molecule has 2 aliphatic carbocycles. The minimum Gasteiger partial charge on any atom is -0.328 e. The van der Waals surface area contributed by atoms with Gasteiger partial charge in [0.2, 0.25) is 0 Å². The Morgan fingerprint density at radius 2 is 1.96 bits per heavy atom. The number of carbonyl (C=O) groups excluding carboxylic acids is 2. The van der Waals surface area contributed by atoms with Crippen LogP contribution in [0.25, 0.3) is 0 Å². The first-order valence-corrected chi connectivity index (χ1v) is 8.22. The molecule has 5 heteroatoms. The highest BCUT2D eigenvalue weighted by Crippen LogP contribution is 2.53. The van der Waals surface area contributed by atoms with Crippen LogP contribution in [0.1, 0.15) is 6.42 Å². The molecule has 4 rings (SSSR count). The van der Waals surface area contributed by atoms with Crippen molar-refractivity contribution in [2.75, 3.05) is 12.4 Å². The Kier molecular flexibility index (Phi) is 2.94. The Hall–Kier alpha value is -2.14. The molecule has 2 atom stereocenters. The van der Waals surface area contributed by atoms with Crippen LogP contribution in [0.4, 0.5) is 5.69 Å². The van der Waals surface area contributed by atoms with E-state index in [-0.39, 0.29) is 21.7 Å². The molecule has 1 spiro atoms. The van der Waals surface area contributed by atoms with Crippen LogP contribution in [-0.2, 0) is 9.59 Å². The predicted molar refractivity (Wildman–Crippen MR) is 92.2 cm³/mol. The van der Waals surface area contributed by atoms with Gasteiger partial charge in [-0.2, -0.15) is 0 Å². The molecule has 1 heterocycles. The standard InChI is InChI=1S/C18H15BrN2O2/c1-21-16(23)14(15(22)20-12-5-3-2-4-6-12)13-7-8-17(19)9-10-18(13,21)11-17/h2-10H,11H2,1H3,(H,20,22). The number of rotatable bonds is 2. The molecule has 1 N–H and O–H groups in total. The fourth-order valence-corrected chi connectivity index (χ4v) is 4.27. The van der Waals surface area contributed by atoms with Crippen LogP contribution in [0, 0.1) is 0 Å². The summed E-state index contributed by atoms with van der Waals surface area (Å²) in [5.74, 6) is -0.590. The van der Waals surface area contributed by atoms with Gasteiger partial charge in [0.25, 0.3) is 11.8 Å². The minimum atomic E-state index is -0.515. The highest BCUT2D eigenvalue weighted by atomic mass is 79.9. The molecular formula is C18H15BrN2O2. The Bertz CT molecular complexity index is 812. The Morgan fingerprint density at radius 1 is 1.22 bits per heavy atom. The average Bonchev–Trinajstić information content (AvgIpc) is 2.94. The number of halogens is 1. The average molecular weight is 371 g/mol. The highest BCUT2D eigenvalue weighted by molar-refractivity contribution is 9.10. The number of nitrogens with one attached hydrogen (secondary N) is 1. The summed E-state index contributed by atoms with van der Waals surface area (Å²) >= 11 is 3.69. The summed E-state index contributed by atoms with van der Waals surface area (Å²) in [4.78, 5) is 27.1. The summed E-state index contributed by atoms with van der Waals surface area (Å²) in [5, 5.41) is 2.82. The van der Waals surface area contributed by atoms with Gasteiger partial charge in [-0.15, -0.1) is 0 Å². The van der Waals surface area contributed by atoms with E-state index in [0.29, 0.717) is 5.69 Å². The molecule has 0 radical (unpaired) electrons. The molecule has 1 aliphatic heterocycles. The van der Waals surface area contributed by atoms with Gasteiger partial charge in [-0.05, 0) is 17.7 Å². The monoisotopic (exact) mass is 370 g/mol. The van der Waals surface area contributed by atoms with Crippen molar-refractivity contribution >= 4 is 33.4 Å². The number of hydrogen-bond acceptors (Lipinski definition) is 2. The van der Waals surface area contributed by atoms with Crippen molar-refractivity contribution in [3.05, 3.63) is 65.8 Å². The number of fused-ring (bicyclic) bond motifs is 1. The molecule has 4 nitrogen and oxygen atoms in total. The topological polar surface area (TPSA) is 49.4 Å². The molecule has 3 aliphatic rings. The summed E-state index contributed by atoms with van der Waals surface area (Å²) in [6.07, 6.45) is 8.71. The zero-order valence-corrected chi connectivity index (χ0v) is 14.1. The first kappa shape index (κ1) is 14.5. The lowest BCUT2D eigenvalue weighted by molar-refractivity contribution is -0.128. The molecule has 1 aromatic rings. The van der Waals surface area contributed by atoms with Crippen LogP contribution >= 0.6 is 15.9 Å². The van der Waals surface area contributed by atoms with E-state index in [4.69, 9.17) is 0 Å². The van der Waals surface area contributed by atoms with Gasteiger partial charge in [0.15, 0.2) is 0 Å². The number of benzene rings is 1. The third-order valence-electron chi connectivity index (χ3n) is 4.82. The quantitative estimate of drug-likeness (QED) is 0.494. The molecule has 2 unspecified atom stereocenters. The number of anilines is 1. The van der Waals surface area contributed by atoms with Gasteiger partial charge in [-0.3, -0.25) is 9.59 Å². The Labute approximate surface area is 142 Å². The third-order valence-corrected chi connectivity index (χ3v) is 5.62. The van der Waals surface area contributed by atoms with Crippen LogP contribution < -0.4 is 5.32 Å². The van der Waals surface area contributed by atoms with E-state index in [1.54, 1.807) is 24.1 Å². The van der Waals surface area contributed by atoms with Crippen LogP contribution in [0.15, 0.2) is 65.8 Å². The summed E-state index contributed by atoms with van der Waals surface area (Å²) in [6, 6.07) is 9.17. The molecular weight excluding hydrogens is 356 g/mol. The molecule has 0 fully saturated rings. The number of likely N-dealkylation sites (N-methyl/N-ethyl adjacent to an activating group) is 1. The van der Waals surface area contributed by atoms with Gasteiger partial charge in [0.05, 0.1) is 9.86 Å². The van der Waals surface area contributed by atoms with Gasteiger partial charge in [-0.25, -0.2) is 0 Å². The first-order chi connectivity index (χ1) is 11.0. The van der Waals surface area contributed by atoms with Crippen molar-refractivity contribution in [2.45, 2.75) is 16.3 Å². The summed E-state index contributed by atoms with van der Waals surface area (Å²) < 4.78 is -0.226. The van der Waals surface area contributed by atoms with E-state index in [0.717, 1.165) is 12.0 Å². The maximum absolute atomic E-state index is 12.7. The fraction of sp³-hybridized carbons (Fsp3) is 0.222. The molecule has 116 valence electrons. The van der Waals surface area contributed by atoms with Gasteiger partial charge in [0.1, 0.15) is 5.57 Å². The van der Waals surface area contributed by atoms with Crippen molar-refractivity contribution in [2.24, 2.45) is 0 Å². The number of alkyl halides is 1. The van der Waals surface area contributed by atoms with Gasteiger partial charge < -0.3 is 10.2 Å². The maximum atomic E-state index is 12.7. The molecule has 1 aromatic carbocycles. The molecule has 2 amide bonds. The smallest absolute Gasteiger partial charge is 0.261 e. The zero-order valence-electron chi connectivity index (χ0n) is 12.5. The largest absolute Gasteiger partial charge is 0.328 e. The minimum absolute atomic E-state index is 0.226. The van der Waals surface area contributed by atoms with Gasteiger partial charge >= 0.3 is 0 Å². The number of carbonyl (C=O) groups is 2. The van der Waals surface area contributed by atoms with Gasteiger partial charge in [-0.1, -0.05) is 58.4 Å². The van der Waals surface area contributed by atoms with E-state index in [9.17, 15) is 9.59 Å². The fourth-order valence-electron chi connectivity index (χ4n) is 3.58. The van der Waals surface area contributed by atoms with E-state index >= 15 is 0 Å². The number of para-hydroxylation sites is 1. The number of nitrogens with zero attached hydrogens (tertiary/aromatic N) is 1. The Balaban J connectivity index is 1.77. The summed E-state index contributed by atoms with van der Waals surface area (Å²) in [5.41, 5.74) is 1.17. The molecule has 23 heavy (non-hydrogen) atoms. The van der Waals surface area contributed by atoms with E-state index in [2.05, 4.69) is 27.3 Å². The van der Waals surface area contributed by atoms with Gasteiger partial charge in [0, 0.05) is 19.2 Å². The predicted octanol–water partition coefficient (Wildman–Crippen LogP) is 2.80. The molecule has 2 bridgehead atoms. The lowest BCUT2D eigenvalue weighted by Crippen LogP contribution is -2.45. The number of amides is 2. The van der Waals surface area contributed by atoms with Crippen LogP contribution in [0.3, 0.4) is 0 Å². The molecule has 0 saturated carbocycles. The molecule has 0 aromatic heterocycles. The first-order valence-electron chi connectivity index (χ1n) is 7.43. The second kappa shape index (κ2) is 4.68. The van der Waals surface area contributed by atoms with Crippen LogP contribution in [0.5, 0.6) is 0 Å². The second-order valence-corrected chi connectivity index (χ2v) is 7.64. The summed E-state index contributed by atoms with van der Waals surface area (Å²) in [6.45, 7) is 0. The zero-order chi connectivity index (χ0) is 16.2. The lowest BCUT2D eigenvalue weighted by atomic mass is 9.81. The summed E-state index contributed by atoms with van der Waals surface area (Å²) in [7, 11) is 1.76. The Morgan fingerprint density at radius 3 is 2.70 bits per heavy atom. The number of hydrogen-bond donors (Lipinski definition) is 1. The van der Waals surface area contributed by atoms with Crippen molar-refractivity contribution in [3.8, 4) is 0 Å². The SMILES string of the molecule is CN1C(=O)C(C(=O)Nc2ccccc2)=C2C=CC3(Br)C=CC21C3. The normalized spacial score (nSPS) is 30.9. The highest BCUT2D eigenvalue weighted by Gasteiger charge is 2.56. The van der Waals surface area contributed by atoms with Crippen molar-refractivity contribution in [1.82, 2.24) is 4.90 Å². The third kappa shape index (κ3) is 1.96. The second-order valence-electron chi connectivity index (χ2n) is 6.17. The van der Waals surface area contributed by atoms with Crippen LogP contribution in [0.2, 0.25) is 0 Å².